The molecule has 4 N–H and O–H groups in total. The Hall–Kier alpha value is -1.47. The van der Waals surface area contributed by atoms with Gasteiger partial charge in [0.05, 0.1) is 18.3 Å². The first-order valence-electron chi connectivity index (χ1n) is 9.57. The molecule has 1 aliphatic carbocycles. The van der Waals surface area contributed by atoms with Crippen molar-refractivity contribution in [2.45, 2.75) is 63.3 Å². The molecule has 1 fully saturated rings. The Labute approximate surface area is 164 Å². The molecule has 0 aromatic carbocycles. The molecule has 0 amide bonds. The van der Waals surface area contributed by atoms with Crippen LogP contribution in [-0.4, -0.2) is 44.7 Å². The van der Waals surface area contributed by atoms with E-state index in [4.69, 9.17) is 5.11 Å². The van der Waals surface area contributed by atoms with Crippen molar-refractivity contribution < 1.29 is 25.2 Å². The Bertz CT molecular complexity index is 610. The van der Waals surface area contributed by atoms with Crippen LogP contribution < -0.4 is 0 Å². The highest BCUT2D eigenvalue weighted by Crippen LogP contribution is 2.36. The molecule has 1 aromatic heterocycles. The van der Waals surface area contributed by atoms with E-state index in [9.17, 15) is 20.1 Å². The first-order chi connectivity index (χ1) is 13.0. The SMILES string of the molecule is O=C(O)CCC/C=C\C[C@@H]1[C@@H](/C=C/[C@@H](O)CCc2ccsc2)[C@H](O)C[C@@H]1O. The minimum atomic E-state index is -0.791. The molecule has 0 radical (unpaired) electrons. The third kappa shape index (κ3) is 7.58. The number of thiophene rings is 1. The highest BCUT2D eigenvalue weighted by Gasteiger charge is 2.39. The lowest BCUT2D eigenvalue weighted by Crippen LogP contribution is -2.20. The number of aliphatic carboxylic acids is 1. The monoisotopic (exact) mass is 394 g/mol. The maximum absolute atomic E-state index is 10.5. The fourth-order valence-corrected chi connectivity index (χ4v) is 4.25. The maximum Gasteiger partial charge on any atom is 0.303 e. The molecule has 0 bridgehead atoms. The molecular weight excluding hydrogens is 364 g/mol. The quantitative estimate of drug-likeness (QED) is 0.341. The van der Waals surface area contributed by atoms with Crippen molar-refractivity contribution in [3.8, 4) is 0 Å². The van der Waals surface area contributed by atoms with Crippen LogP contribution in [0.4, 0.5) is 0 Å². The Balaban J connectivity index is 1.81. The van der Waals surface area contributed by atoms with Crippen LogP contribution in [0.15, 0.2) is 41.1 Å². The summed E-state index contributed by atoms with van der Waals surface area (Å²) in [4.78, 5) is 10.5. The van der Waals surface area contributed by atoms with Gasteiger partial charge in [-0.2, -0.15) is 11.3 Å². The topological polar surface area (TPSA) is 98.0 Å². The van der Waals surface area contributed by atoms with Gasteiger partial charge >= 0.3 is 5.97 Å². The summed E-state index contributed by atoms with van der Waals surface area (Å²) in [6, 6.07) is 2.05. The van der Waals surface area contributed by atoms with Crippen LogP contribution in [0.2, 0.25) is 0 Å². The normalized spacial score (nSPS) is 26.9. The minimum Gasteiger partial charge on any atom is -0.481 e. The smallest absolute Gasteiger partial charge is 0.303 e. The summed E-state index contributed by atoms with van der Waals surface area (Å²) >= 11 is 1.64. The van der Waals surface area contributed by atoms with E-state index in [0.29, 0.717) is 32.1 Å². The van der Waals surface area contributed by atoms with E-state index >= 15 is 0 Å². The highest BCUT2D eigenvalue weighted by atomic mass is 32.1. The van der Waals surface area contributed by atoms with E-state index < -0.39 is 24.3 Å². The molecule has 0 saturated heterocycles. The fourth-order valence-electron chi connectivity index (χ4n) is 3.55. The van der Waals surface area contributed by atoms with Crippen LogP contribution >= 0.6 is 11.3 Å². The zero-order chi connectivity index (χ0) is 19.6. The van der Waals surface area contributed by atoms with E-state index in [0.717, 1.165) is 6.42 Å². The minimum absolute atomic E-state index is 0.0870. The van der Waals surface area contributed by atoms with Crippen molar-refractivity contribution in [1.29, 1.82) is 0 Å². The molecule has 1 heterocycles. The Kier molecular flexibility index (Phi) is 9.21. The molecule has 5 atom stereocenters. The lowest BCUT2D eigenvalue weighted by atomic mass is 9.89. The van der Waals surface area contributed by atoms with Gasteiger partial charge in [0.1, 0.15) is 0 Å². The molecule has 0 spiro atoms. The summed E-state index contributed by atoms with van der Waals surface area (Å²) in [5, 5.41) is 43.4. The first-order valence-corrected chi connectivity index (χ1v) is 10.5. The maximum atomic E-state index is 10.5. The number of rotatable bonds is 11. The summed E-state index contributed by atoms with van der Waals surface area (Å²) in [7, 11) is 0. The molecule has 150 valence electrons. The standard InChI is InChI=1S/C21H30O5S/c22-16(8-7-15-11-12-27-14-15)9-10-18-17(19(23)13-20(18)24)5-3-1-2-4-6-21(25)26/h1,3,9-12,14,16-20,22-24H,2,4-8,13H2,(H,25,26)/b3-1-,10-9+/t16-,17+,18+,19-,20+/m0/s1. The Morgan fingerprint density at radius 1 is 1.30 bits per heavy atom. The second-order valence-electron chi connectivity index (χ2n) is 7.23. The summed E-state index contributed by atoms with van der Waals surface area (Å²) in [6.45, 7) is 0. The van der Waals surface area contributed by atoms with E-state index in [1.807, 2.05) is 23.6 Å². The van der Waals surface area contributed by atoms with Crippen molar-refractivity contribution >= 4 is 17.3 Å². The number of aryl methyl sites for hydroxylation is 1. The van der Waals surface area contributed by atoms with Crippen LogP contribution in [0.3, 0.4) is 0 Å². The van der Waals surface area contributed by atoms with Gasteiger partial charge in [-0.25, -0.2) is 0 Å². The third-order valence-corrected chi connectivity index (χ3v) is 5.85. The predicted molar refractivity (Wildman–Crippen MR) is 107 cm³/mol. The Morgan fingerprint density at radius 3 is 2.81 bits per heavy atom. The van der Waals surface area contributed by atoms with Crippen molar-refractivity contribution in [3.63, 3.8) is 0 Å². The lowest BCUT2D eigenvalue weighted by Gasteiger charge is -2.19. The summed E-state index contributed by atoms with van der Waals surface area (Å²) in [5.41, 5.74) is 1.22. The van der Waals surface area contributed by atoms with E-state index in [1.165, 1.54) is 5.56 Å². The second-order valence-corrected chi connectivity index (χ2v) is 8.01. The summed E-state index contributed by atoms with van der Waals surface area (Å²) in [5.74, 6) is -1.06. The van der Waals surface area contributed by atoms with E-state index in [2.05, 4.69) is 11.4 Å². The van der Waals surface area contributed by atoms with Crippen molar-refractivity contribution in [2.75, 3.05) is 0 Å². The van der Waals surface area contributed by atoms with Crippen LogP contribution in [0.25, 0.3) is 0 Å². The largest absolute Gasteiger partial charge is 0.481 e. The number of hydrogen-bond donors (Lipinski definition) is 4. The average Bonchev–Trinajstić information content (AvgIpc) is 3.22. The molecule has 1 aliphatic rings. The van der Waals surface area contributed by atoms with Crippen molar-refractivity contribution in [2.24, 2.45) is 11.8 Å². The van der Waals surface area contributed by atoms with Gasteiger partial charge in [0.2, 0.25) is 0 Å². The summed E-state index contributed by atoms with van der Waals surface area (Å²) < 4.78 is 0. The third-order valence-electron chi connectivity index (χ3n) is 5.12. The van der Waals surface area contributed by atoms with Crippen LogP contribution in [-0.2, 0) is 11.2 Å². The Morgan fingerprint density at radius 2 is 2.11 bits per heavy atom. The molecular formula is C21H30O5S. The number of unbranched alkanes of at least 4 members (excludes halogenated alkanes) is 1. The lowest BCUT2D eigenvalue weighted by molar-refractivity contribution is -0.137. The fraction of sp³-hybridized carbons (Fsp3) is 0.571. The van der Waals surface area contributed by atoms with Crippen molar-refractivity contribution in [3.05, 3.63) is 46.7 Å². The van der Waals surface area contributed by atoms with Gasteiger partial charge in [0.15, 0.2) is 0 Å². The van der Waals surface area contributed by atoms with Gasteiger partial charge < -0.3 is 20.4 Å². The first kappa shape index (κ1) is 21.8. The molecule has 5 nitrogen and oxygen atoms in total. The van der Waals surface area contributed by atoms with E-state index in [-0.39, 0.29) is 18.3 Å². The number of aliphatic hydroxyl groups is 3. The number of carbonyl (C=O) groups is 1. The summed E-state index contributed by atoms with van der Waals surface area (Å²) in [6.07, 6.45) is 9.62. The molecule has 6 heteroatoms. The van der Waals surface area contributed by atoms with Gasteiger partial charge in [-0.3, -0.25) is 4.79 Å². The van der Waals surface area contributed by atoms with Gasteiger partial charge in [-0.1, -0.05) is 24.3 Å². The zero-order valence-corrected chi connectivity index (χ0v) is 16.3. The van der Waals surface area contributed by atoms with Crippen LogP contribution in [0.1, 0.15) is 44.1 Å². The number of carboxylic acid groups (broad SMARTS) is 1. The number of aliphatic hydroxyl groups excluding tert-OH is 3. The van der Waals surface area contributed by atoms with Crippen LogP contribution in [0, 0.1) is 11.8 Å². The predicted octanol–water partition coefficient (Wildman–Crippen LogP) is 3.16. The average molecular weight is 395 g/mol. The van der Waals surface area contributed by atoms with Gasteiger partial charge in [0.25, 0.3) is 0 Å². The van der Waals surface area contributed by atoms with Crippen LogP contribution in [0.5, 0.6) is 0 Å². The molecule has 2 rings (SSSR count). The van der Waals surface area contributed by atoms with Gasteiger partial charge in [-0.15, -0.1) is 0 Å². The molecule has 1 saturated carbocycles. The zero-order valence-electron chi connectivity index (χ0n) is 15.5. The number of carboxylic acids is 1. The van der Waals surface area contributed by atoms with E-state index in [1.54, 1.807) is 17.4 Å². The molecule has 0 unspecified atom stereocenters. The van der Waals surface area contributed by atoms with Gasteiger partial charge in [0, 0.05) is 18.8 Å². The molecule has 27 heavy (non-hydrogen) atoms. The molecule has 1 aromatic rings. The molecule has 0 aliphatic heterocycles. The van der Waals surface area contributed by atoms with Gasteiger partial charge in [-0.05, 0) is 60.4 Å². The second kappa shape index (κ2) is 11.4. The number of allylic oxidation sites excluding steroid dienone is 2. The van der Waals surface area contributed by atoms with Crippen molar-refractivity contribution in [1.82, 2.24) is 0 Å². The number of hydrogen-bond acceptors (Lipinski definition) is 5. The highest BCUT2D eigenvalue weighted by molar-refractivity contribution is 7.07.